The van der Waals surface area contributed by atoms with Crippen molar-refractivity contribution in [3.8, 4) is 28.3 Å². The van der Waals surface area contributed by atoms with Crippen molar-refractivity contribution in [2.24, 2.45) is 0 Å². The van der Waals surface area contributed by atoms with Crippen LogP contribution in [-0.4, -0.2) is 22.3 Å². The lowest BCUT2D eigenvalue weighted by atomic mass is 10.0. The summed E-state index contributed by atoms with van der Waals surface area (Å²) in [6, 6.07) is 28.0. The number of hydrogen-bond acceptors (Lipinski definition) is 6. The summed E-state index contributed by atoms with van der Waals surface area (Å²) in [5.74, 6) is 0.839. The minimum atomic E-state index is 0.624. The highest BCUT2D eigenvalue weighted by Gasteiger charge is 2.14. The summed E-state index contributed by atoms with van der Waals surface area (Å²) in [7, 11) is 4.75. The molecule has 1 aromatic heterocycles. The van der Waals surface area contributed by atoms with Gasteiger partial charge in [-0.05, 0) is 45.9 Å². The smallest absolute Gasteiger partial charge is 0.220 e. The lowest BCUT2D eigenvalue weighted by Crippen LogP contribution is -1.98. The number of methoxy groups -OCH3 is 1. The van der Waals surface area contributed by atoms with Gasteiger partial charge in [-0.25, -0.2) is 4.98 Å². The largest absolute Gasteiger partial charge is 0.497 e. The van der Waals surface area contributed by atoms with E-state index in [-0.39, 0.29) is 0 Å². The maximum Gasteiger partial charge on any atom is 0.220 e. The molecule has 0 aliphatic carbocycles. The summed E-state index contributed by atoms with van der Waals surface area (Å²) in [5.41, 5.74) is 3.64. The summed E-state index contributed by atoms with van der Waals surface area (Å²) in [5, 5.41) is 9.47. The summed E-state index contributed by atoms with van der Waals surface area (Å²) >= 11 is 0. The molecule has 0 N–H and O–H groups in total. The molecule has 4 rings (SSSR count). The van der Waals surface area contributed by atoms with Gasteiger partial charge in [0, 0.05) is 16.0 Å². The molecule has 138 valence electrons. The van der Waals surface area contributed by atoms with Gasteiger partial charge in [0.05, 0.1) is 7.11 Å². The predicted octanol–water partition coefficient (Wildman–Crippen LogP) is 6.01. The van der Waals surface area contributed by atoms with Crippen LogP contribution < -0.4 is 4.74 Å². The van der Waals surface area contributed by atoms with Gasteiger partial charge in [0.1, 0.15) is 17.1 Å². The third-order valence-electron chi connectivity index (χ3n) is 4.03. The van der Waals surface area contributed by atoms with Crippen molar-refractivity contribution in [1.29, 1.82) is 0 Å². The minimum absolute atomic E-state index is 0.624. The molecule has 28 heavy (non-hydrogen) atoms. The van der Waals surface area contributed by atoms with E-state index in [0.29, 0.717) is 5.16 Å². The second-order valence-electron chi connectivity index (χ2n) is 5.87. The zero-order valence-corrected chi connectivity index (χ0v) is 16.8. The third-order valence-corrected chi connectivity index (χ3v) is 6.18. The van der Waals surface area contributed by atoms with Crippen molar-refractivity contribution in [3.63, 3.8) is 0 Å². The first kappa shape index (κ1) is 18.5. The molecular weight excluding hydrogens is 386 g/mol. The van der Waals surface area contributed by atoms with E-state index in [1.165, 1.54) is 10.8 Å². The third kappa shape index (κ3) is 4.35. The number of aromatic nitrogens is 3. The Balaban J connectivity index is 1.64. The van der Waals surface area contributed by atoms with E-state index >= 15 is 0 Å². The van der Waals surface area contributed by atoms with E-state index in [2.05, 4.69) is 10.2 Å². The van der Waals surface area contributed by atoms with Crippen LogP contribution in [0.15, 0.2) is 95.0 Å². The first-order valence-electron chi connectivity index (χ1n) is 8.67. The SMILES string of the molecule is COc1ccc(SSc2nnc(-c3ccccc3)c(-c3ccccc3)n2)cc1. The summed E-state index contributed by atoms with van der Waals surface area (Å²) in [4.78, 5) is 5.91. The van der Waals surface area contributed by atoms with Crippen molar-refractivity contribution >= 4 is 21.6 Å². The van der Waals surface area contributed by atoms with Gasteiger partial charge in [-0.2, -0.15) is 0 Å². The Hall–Kier alpha value is -2.83. The maximum atomic E-state index is 5.20. The highest BCUT2D eigenvalue weighted by Crippen LogP contribution is 2.37. The summed E-state index contributed by atoms with van der Waals surface area (Å²) in [6.45, 7) is 0. The molecule has 0 aliphatic heterocycles. The van der Waals surface area contributed by atoms with Gasteiger partial charge in [0.15, 0.2) is 0 Å². The Morgan fingerprint density at radius 1 is 0.643 bits per heavy atom. The van der Waals surface area contributed by atoms with Gasteiger partial charge in [-0.3, -0.25) is 0 Å². The van der Waals surface area contributed by atoms with Gasteiger partial charge >= 0.3 is 0 Å². The number of hydrogen-bond donors (Lipinski definition) is 0. The van der Waals surface area contributed by atoms with Gasteiger partial charge in [-0.15, -0.1) is 10.2 Å². The van der Waals surface area contributed by atoms with E-state index in [4.69, 9.17) is 9.72 Å². The lowest BCUT2D eigenvalue weighted by molar-refractivity contribution is 0.414. The Morgan fingerprint density at radius 3 is 1.86 bits per heavy atom. The normalized spacial score (nSPS) is 10.6. The van der Waals surface area contributed by atoms with Crippen LogP contribution in [0.25, 0.3) is 22.5 Å². The Kier molecular flexibility index (Phi) is 5.89. The Morgan fingerprint density at radius 2 is 1.25 bits per heavy atom. The van der Waals surface area contributed by atoms with Crippen LogP contribution in [0.4, 0.5) is 0 Å². The van der Waals surface area contributed by atoms with Gasteiger partial charge in [0.25, 0.3) is 0 Å². The molecule has 0 radical (unpaired) electrons. The fourth-order valence-corrected chi connectivity index (χ4v) is 4.33. The maximum absolute atomic E-state index is 5.20. The quantitative estimate of drug-likeness (QED) is 0.367. The lowest BCUT2D eigenvalue weighted by Gasteiger charge is -2.09. The predicted molar refractivity (Wildman–Crippen MR) is 115 cm³/mol. The van der Waals surface area contributed by atoms with Crippen LogP contribution in [0.5, 0.6) is 5.75 Å². The number of ether oxygens (including phenoxy) is 1. The molecule has 4 nitrogen and oxygen atoms in total. The summed E-state index contributed by atoms with van der Waals surface area (Å²) < 4.78 is 5.20. The molecule has 0 saturated heterocycles. The standard InChI is InChI=1S/C22H17N3OS2/c1-26-18-12-14-19(15-13-18)27-28-22-23-20(16-8-4-2-5-9-16)21(24-25-22)17-10-6-3-7-11-17/h2-15H,1H3. The highest BCUT2D eigenvalue weighted by molar-refractivity contribution is 8.76. The average molecular weight is 404 g/mol. The molecule has 0 unspecified atom stereocenters. The molecule has 1 heterocycles. The fourth-order valence-electron chi connectivity index (χ4n) is 2.65. The van der Waals surface area contributed by atoms with Gasteiger partial charge < -0.3 is 4.74 Å². The van der Waals surface area contributed by atoms with Crippen LogP contribution in [0.3, 0.4) is 0 Å². The van der Waals surface area contributed by atoms with Crippen molar-refractivity contribution < 1.29 is 4.74 Å². The topological polar surface area (TPSA) is 47.9 Å². The van der Waals surface area contributed by atoms with E-state index in [1.807, 2.05) is 84.9 Å². The summed E-state index contributed by atoms with van der Waals surface area (Å²) in [6.07, 6.45) is 0. The number of rotatable bonds is 6. The van der Waals surface area contributed by atoms with Crippen molar-refractivity contribution in [2.75, 3.05) is 7.11 Å². The molecule has 4 aromatic rings. The number of benzene rings is 3. The van der Waals surface area contributed by atoms with Crippen LogP contribution in [0, 0.1) is 0 Å². The van der Waals surface area contributed by atoms with Crippen molar-refractivity contribution in [1.82, 2.24) is 15.2 Å². The second-order valence-corrected chi connectivity index (χ2v) is 8.04. The molecule has 0 aliphatic rings. The molecule has 6 heteroatoms. The molecule has 0 atom stereocenters. The van der Waals surface area contributed by atoms with Crippen molar-refractivity contribution in [2.45, 2.75) is 10.1 Å². The van der Waals surface area contributed by atoms with E-state index in [1.54, 1.807) is 17.9 Å². The zero-order valence-electron chi connectivity index (χ0n) is 15.1. The molecule has 0 fully saturated rings. The van der Waals surface area contributed by atoms with Crippen molar-refractivity contribution in [3.05, 3.63) is 84.9 Å². The Labute approximate surface area is 171 Å². The zero-order chi connectivity index (χ0) is 19.2. The molecule has 0 spiro atoms. The highest BCUT2D eigenvalue weighted by atomic mass is 33.1. The molecule has 0 amide bonds. The Bertz CT molecular complexity index is 1040. The van der Waals surface area contributed by atoms with Gasteiger partial charge in [0.2, 0.25) is 5.16 Å². The van der Waals surface area contributed by atoms with E-state index < -0.39 is 0 Å². The average Bonchev–Trinajstić information content (AvgIpc) is 2.79. The minimum Gasteiger partial charge on any atom is -0.497 e. The molecule has 0 saturated carbocycles. The van der Waals surface area contributed by atoms with Crippen LogP contribution in [0.2, 0.25) is 0 Å². The monoisotopic (exact) mass is 403 g/mol. The fraction of sp³-hybridized carbons (Fsp3) is 0.0455. The van der Waals surface area contributed by atoms with Crippen LogP contribution in [0.1, 0.15) is 0 Å². The van der Waals surface area contributed by atoms with Gasteiger partial charge in [-0.1, -0.05) is 60.7 Å². The van der Waals surface area contributed by atoms with E-state index in [9.17, 15) is 0 Å². The molecule has 0 bridgehead atoms. The molecule has 3 aromatic carbocycles. The second kappa shape index (κ2) is 8.91. The van der Waals surface area contributed by atoms with E-state index in [0.717, 1.165) is 33.2 Å². The first-order valence-corrected chi connectivity index (χ1v) is 10.8. The number of nitrogens with zero attached hydrogens (tertiary/aromatic N) is 3. The van der Waals surface area contributed by atoms with Crippen LogP contribution >= 0.6 is 21.6 Å². The first-order chi connectivity index (χ1) is 13.8. The van der Waals surface area contributed by atoms with Crippen LogP contribution in [-0.2, 0) is 0 Å². The molecular formula is C22H17N3OS2.